The third-order valence-electron chi connectivity index (χ3n) is 3.87. The molecule has 5 heteroatoms. The van der Waals surface area contributed by atoms with E-state index in [1.54, 1.807) is 12.1 Å². The van der Waals surface area contributed by atoms with Crippen LogP contribution in [-0.2, 0) is 6.42 Å². The van der Waals surface area contributed by atoms with Gasteiger partial charge >= 0.3 is 0 Å². The van der Waals surface area contributed by atoms with Crippen molar-refractivity contribution in [3.8, 4) is 17.2 Å². The van der Waals surface area contributed by atoms with Crippen molar-refractivity contribution in [3.05, 3.63) is 17.7 Å². The van der Waals surface area contributed by atoms with Crippen LogP contribution in [0.5, 0.6) is 17.2 Å². The van der Waals surface area contributed by atoms with Crippen molar-refractivity contribution in [2.45, 2.75) is 12.8 Å². The van der Waals surface area contributed by atoms with Gasteiger partial charge in [0.1, 0.15) is 0 Å². The predicted molar refractivity (Wildman–Crippen MR) is 78.6 cm³/mol. The molecule has 0 spiro atoms. The minimum atomic E-state index is -0.185. The Hall–Kier alpha value is -1.46. The topological polar surface area (TPSA) is 56.2 Å². The summed E-state index contributed by atoms with van der Waals surface area (Å²) in [4.78, 5) is 4.82. The molecule has 1 saturated heterocycles. The fourth-order valence-corrected chi connectivity index (χ4v) is 2.53. The van der Waals surface area contributed by atoms with E-state index in [0.29, 0.717) is 5.75 Å². The molecule has 0 bridgehead atoms. The molecular weight excluding hydrogens is 256 g/mol. The van der Waals surface area contributed by atoms with Crippen LogP contribution >= 0.6 is 0 Å². The van der Waals surface area contributed by atoms with Crippen LogP contribution in [0.4, 0.5) is 0 Å². The molecule has 2 rings (SSSR count). The fraction of sp³-hybridized carbons (Fsp3) is 0.600. The summed E-state index contributed by atoms with van der Waals surface area (Å²) in [7, 11) is 3.64. The Morgan fingerprint density at radius 3 is 2.50 bits per heavy atom. The van der Waals surface area contributed by atoms with Gasteiger partial charge in [0, 0.05) is 26.2 Å². The highest BCUT2D eigenvalue weighted by atomic mass is 16.5. The zero-order valence-electron chi connectivity index (χ0n) is 12.3. The normalized spacial score (nSPS) is 17.3. The number of aryl methyl sites for hydroxylation is 1. The van der Waals surface area contributed by atoms with Gasteiger partial charge in [-0.15, -0.1) is 0 Å². The number of methoxy groups -OCH3 is 1. The number of piperazine rings is 1. The number of phenolic OH excluding ortho intramolecular Hbond substituents is 2. The van der Waals surface area contributed by atoms with Crippen LogP contribution in [0.25, 0.3) is 0 Å². The molecule has 20 heavy (non-hydrogen) atoms. The summed E-state index contributed by atoms with van der Waals surface area (Å²) in [6.07, 6.45) is 1.91. The van der Waals surface area contributed by atoms with Gasteiger partial charge in [-0.3, -0.25) is 0 Å². The highest BCUT2D eigenvalue weighted by Gasteiger charge is 2.14. The van der Waals surface area contributed by atoms with E-state index in [2.05, 4.69) is 16.8 Å². The van der Waals surface area contributed by atoms with Gasteiger partial charge in [-0.25, -0.2) is 0 Å². The zero-order valence-corrected chi connectivity index (χ0v) is 12.3. The van der Waals surface area contributed by atoms with E-state index in [0.717, 1.165) is 51.1 Å². The summed E-state index contributed by atoms with van der Waals surface area (Å²) >= 11 is 0. The summed E-state index contributed by atoms with van der Waals surface area (Å²) in [5, 5.41) is 19.2. The lowest BCUT2D eigenvalue weighted by Gasteiger charge is -2.32. The second-order valence-electron chi connectivity index (χ2n) is 5.41. The molecule has 0 atom stereocenters. The third kappa shape index (κ3) is 3.77. The van der Waals surface area contributed by atoms with E-state index in [-0.39, 0.29) is 11.5 Å². The molecule has 1 fully saturated rings. The van der Waals surface area contributed by atoms with Crippen LogP contribution in [0.2, 0.25) is 0 Å². The average Bonchev–Trinajstić information content (AvgIpc) is 2.44. The van der Waals surface area contributed by atoms with Crippen LogP contribution in [-0.4, -0.2) is 66.9 Å². The number of hydrogen-bond donors (Lipinski definition) is 2. The van der Waals surface area contributed by atoms with E-state index in [1.807, 2.05) is 0 Å². The summed E-state index contributed by atoms with van der Waals surface area (Å²) in [6, 6.07) is 3.40. The summed E-state index contributed by atoms with van der Waals surface area (Å²) in [5.41, 5.74) is 0.992. The first-order chi connectivity index (χ1) is 9.60. The first kappa shape index (κ1) is 14.9. The minimum absolute atomic E-state index is 0.112. The average molecular weight is 280 g/mol. The first-order valence-electron chi connectivity index (χ1n) is 7.10. The van der Waals surface area contributed by atoms with E-state index < -0.39 is 0 Å². The van der Waals surface area contributed by atoms with E-state index in [1.165, 1.54) is 7.11 Å². The second-order valence-corrected chi connectivity index (χ2v) is 5.41. The highest BCUT2D eigenvalue weighted by Crippen LogP contribution is 2.36. The molecular formula is C15H24N2O3. The van der Waals surface area contributed by atoms with E-state index in [9.17, 15) is 10.2 Å². The number of nitrogens with zero attached hydrogens (tertiary/aromatic N) is 2. The number of hydrogen-bond acceptors (Lipinski definition) is 5. The highest BCUT2D eigenvalue weighted by molar-refractivity contribution is 5.51. The monoisotopic (exact) mass is 280 g/mol. The molecule has 1 aliphatic heterocycles. The van der Waals surface area contributed by atoms with Crippen LogP contribution in [0.15, 0.2) is 12.1 Å². The number of rotatable bonds is 5. The van der Waals surface area contributed by atoms with Gasteiger partial charge in [-0.1, -0.05) is 0 Å². The van der Waals surface area contributed by atoms with Gasteiger partial charge in [0.2, 0.25) is 5.75 Å². The van der Waals surface area contributed by atoms with Gasteiger partial charge in [-0.05, 0) is 44.1 Å². The predicted octanol–water partition coefficient (Wildman–Crippen LogP) is 1.29. The minimum Gasteiger partial charge on any atom is -0.504 e. The lowest BCUT2D eigenvalue weighted by Crippen LogP contribution is -2.44. The molecule has 112 valence electrons. The summed E-state index contributed by atoms with van der Waals surface area (Å²) in [6.45, 7) is 5.58. The maximum atomic E-state index is 9.64. The quantitative estimate of drug-likeness (QED) is 0.796. The van der Waals surface area contributed by atoms with Crippen molar-refractivity contribution < 1.29 is 14.9 Å². The van der Waals surface area contributed by atoms with Crippen molar-refractivity contribution in [1.29, 1.82) is 0 Å². The Morgan fingerprint density at radius 1 is 1.15 bits per heavy atom. The Balaban J connectivity index is 1.83. The van der Waals surface area contributed by atoms with Crippen molar-refractivity contribution in [2.24, 2.45) is 0 Å². The summed E-state index contributed by atoms with van der Waals surface area (Å²) in [5.74, 6) is 0.0360. The van der Waals surface area contributed by atoms with Crippen molar-refractivity contribution in [3.63, 3.8) is 0 Å². The van der Waals surface area contributed by atoms with E-state index >= 15 is 0 Å². The number of likely N-dealkylation sites (N-methyl/N-ethyl adjacent to an activating group) is 1. The first-order valence-corrected chi connectivity index (χ1v) is 7.10. The molecule has 0 unspecified atom stereocenters. The fourth-order valence-electron chi connectivity index (χ4n) is 2.53. The molecule has 5 nitrogen and oxygen atoms in total. The summed E-state index contributed by atoms with van der Waals surface area (Å²) < 4.78 is 5.05. The number of phenols is 2. The zero-order chi connectivity index (χ0) is 14.5. The molecule has 1 aliphatic rings. The third-order valence-corrected chi connectivity index (χ3v) is 3.87. The van der Waals surface area contributed by atoms with Gasteiger partial charge in [0.15, 0.2) is 11.5 Å². The van der Waals surface area contributed by atoms with Crippen molar-refractivity contribution >= 4 is 0 Å². The molecule has 1 aromatic rings. The SMILES string of the molecule is COc1cc(CCCN2CCN(C)CC2)cc(O)c1O. The Kier molecular flexibility index (Phi) is 5.09. The van der Waals surface area contributed by atoms with Crippen molar-refractivity contribution in [1.82, 2.24) is 9.80 Å². The number of ether oxygens (including phenoxy) is 1. The van der Waals surface area contributed by atoms with Gasteiger partial charge in [0.05, 0.1) is 7.11 Å². The van der Waals surface area contributed by atoms with Crippen molar-refractivity contribution in [2.75, 3.05) is 46.9 Å². The smallest absolute Gasteiger partial charge is 0.200 e. The lowest BCUT2D eigenvalue weighted by molar-refractivity contribution is 0.153. The largest absolute Gasteiger partial charge is 0.504 e. The molecule has 0 amide bonds. The van der Waals surface area contributed by atoms with Gasteiger partial charge in [0.25, 0.3) is 0 Å². The molecule has 0 radical (unpaired) electrons. The Morgan fingerprint density at radius 2 is 1.85 bits per heavy atom. The number of aromatic hydroxyl groups is 2. The lowest BCUT2D eigenvalue weighted by atomic mass is 10.1. The number of benzene rings is 1. The van der Waals surface area contributed by atoms with Crippen LogP contribution < -0.4 is 4.74 Å². The Bertz CT molecular complexity index is 443. The van der Waals surface area contributed by atoms with Crippen LogP contribution in [0.3, 0.4) is 0 Å². The van der Waals surface area contributed by atoms with E-state index in [4.69, 9.17) is 4.74 Å². The molecule has 0 saturated carbocycles. The molecule has 2 N–H and O–H groups in total. The standard InChI is InChI=1S/C15H24N2O3/c1-16-6-8-17(9-7-16)5-3-4-12-10-13(18)15(19)14(11-12)20-2/h10-11,18-19H,3-9H2,1-2H3. The van der Waals surface area contributed by atoms with Gasteiger partial charge in [-0.2, -0.15) is 0 Å². The second kappa shape index (κ2) is 6.81. The maximum absolute atomic E-state index is 9.64. The molecule has 0 aromatic heterocycles. The molecule has 1 aromatic carbocycles. The molecule has 1 heterocycles. The van der Waals surface area contributed by atoms with Crippen LogP contribution in [0.1, 0.15) is 12.0 Å². The Labute approximate surface area is 120 Å². The molecule has 0 aliphatic carbocycles. The van der Waals surface area contributed by atoms with Crippen LogP contribution in [0, 0.1) is 0 Å². The maximum Gasteiger partial charge on any atom is 0.200 e. The van der Waals surface area contributed by atoms with Gasteiger partial charge < -0.3 is 24.7 Å².